The molecule has 178 valence electrons. The van der Waals surface area contributed by atoms with Crippen LogP contribution in [0, 0.1) is 0 Å². The molecule has 12 heteroatoms. The summed E-state index contributed by atoms with van der Waals surface area (Å²) < 4.78 is 47.3. The van der Waals surface area contributed by atoms with Crippen molar-refractivity contribution in [3.63, 3.8) is 0 Å². The third kappa shape index (κ3) is 5.76. The Morgan fingerprint density at radius 2 is 1.68 bits per heavy atom. The molecule has 0 atom stereocenters. The van der Waals surface area contributed by atoms with Gasteiger partial charge in [-0.3, -0.25) is 4.79 Å². The van der Waals surface area contributed by atoms with E-state index in [1.165, 1.54) is 24.5 Å². The standard InChI is InChI=1S/C22H23N5O5S2/c1-33(29,30)12-15-5-7-17(34(23,31)32)10-19(15)27-22-11-21(24-13-25-22)26-16-6-8-18-14(9-16)3-2-4-20(18)28/h5-11,13H,2-4,12H2,1H3,(H2,23,31,32)(H2,24,25,26,27). The van der Waals surface area contributed by atoms with E-state index in [-0.39, 0.29) is 22.1 Å². The molecule has 0 bridgehead atoms. The minimum absolute atomic E-state index is 0.146. The lowest BCUT2D eigenvalue weighted by atomic mass is 9.90. The Morgan fingerprint density at radius 3 is 2.38 bits per heavy atom. The fraction of sp³-hybridized carbons (Fsp3) is 0.227. The highest BCUT2D eigenvalue weighted by atomic mass is 32.2. The number of nitrogens with two attached hydrogens (primary N) is 1. The third-order valence-electron chi connectivity index (χ3n) is 5.29. The number of sulfone groups is 1. The molecule has 2 aromatic carbocycles. The minimum atomic E-state index is -4.00. The molecule has 4 rings (SSSR count). The molecule has 0 radical (unpaired) electrons. The van der Waals surface area contributed by atoms with Gasteiger partial charge < -0.3 is 10.6 Å². The van der Waals surface area contributed by atoms with Gasteiger partial charge in [0.05, 0.1) is 10.6 Å². The van der Waals surface area contributed by atoms with Gasteiger partial charge in [-0.2, -0.15) is 0 Å². The maximum Gasteiger partial charge on any atom is 0.238 e. The molecule has 1 aliphatic rings. The van der Waals surface area contributed by atoms with Crippen LogP contribution in [-0.2, 0) is 32.0 Å². The Bertz CT molecular complexity index is 1490. The number of anilines is 4. The highest BCUT2D eigenvalue weighted by molar-refractivity contribution is 7.90. The number of hydrogen-bond acceptors (Lipinski definition) is 9. The number of primary sulfonamides is 1. The first-order valence-electron chi connectivity index (χ1n) is 10.3. The second-order valence-corrected chi connectivity index (χ2v) is 11.8. The Morgan fingerprint density at radius 1 is 0.941 bits per heavy atom. The van der Waals surface area contributed by atoms with E-state index in [1.807, 2.05) is 6.07 Å². The van der Waals surface area contributed by atoms with E-state index < -0.39 is 19.9 Å². The number of nitrogens with one attached hydrogen (secondary N) is 2. The number of ketones is 1. The number of benzene rings is 2. The Kier molecular flexibility index (Phi) is 6.39. The number of nitrogens with zero attached hydrogens (tertiary/aromatic N) is 2. The lowest BCUT2D eigenvalue weighted by Crippen LogP contribution is -2.13. The summed E-state index contributed by atoms with van der Waals surface area (Å²) >= 11 is 0. The van der Waals surface area contributed by atoms with Crippen molar-refractivity contribution < 1.29 is 21.6 Å². The number of Topliss-reactive ketones (excluding diaryl/α,β-unsaturated/α-hetero) is 1. The van der Waals surface area contributed by atoms with Crippen LogP contribution in [0.3, 0.4) is 0 Å². The number of carbonyl (C=O) groups is 1. The van der Waals surface area contributed by atoms with E-state index in [4.69, 9.17) is 5.14 Å². The van der Waals surface area contributed by atoms with Crippen LogP contribution in [0.15, 0.2) is 53.7 Å². The zero-order valence-electron chi connectivity index (χ0n) is 18.3. The molecule has 1 aliphatic carbocycles. The van der Waals surface area contributed by atoms with Crippen LogP contribution in [0.2, 0.25) is 0 Å². The van der Waals surface area contributed by atoms with Crippen molar-refractivity contribution in [2.45, 2.75) is 29.9 Å². The molecule has 1 heterocycles. The van der Waals surface area contributed by atoms with E-state index in [1.54, 1.807) is 18.2 Å². The zero-order valence-corrected chi connectivity index (χ0v) is 19.9. The van der Waals surface area contributed by atoms with Gasteiger partial charge in [0, 0.05) is 35.7 Å². The molecule has 0 aliphatic heterocycles. The molecule has 0 spiro atoms. The second kappa shape index (κ2) is 9.12. The number of fused-ring (bicyclic) bond motifs is 1. The van der Waals surface area contributed by atoms with Gasteiger partial charge in [0.15, 0.2) is 15.6 Å². The first-order chi connectivity index (χ1) is 16.0. The van der Waals surface area contributed by atoms with Crippen LogP contribution in [0.4, 0.5) is 23.0 Å². The molecule has 0 fully saturated rings. The molecule has 0 saturated carbocycles. The molecule has 3 aromatic rings. The van der Waals surface area contributed by atoms with Crippen LogP contribution in [0.1, 0.15) is 34.3 Å². The third-order valence-corrected chi connectivity index (χ3v) is 7.03. The fourth-order valence-corrected chi connectivity index (χ4v) is 5.12. The van der Waals surface area contributed by atoms with Crippen LogP contribution in [0.25, 0.3) is 0 Å². The molecule has 0 saturated heterocycles. The van der Waals surface area contributed by atoms with Crippen molar-refractivity contribution in [3.05, 3.63) is 65.5 Å². The summed E-state index contributed by atoms with van der Waals surface area (Å²) in [5.41, 5.74) is 3.09. The van der Waals surface area contributed by atoms with Gasteiger partial charge in [-0.15, -0.1) is 0 Å². The lowest BCUT2D eigenvalue weighted by molar-refractivity contribution is 0.0972. The summed E-state index contributed by atoms with van der Waals surface area (Å²) in [6.07, 6.45) is 4.62. The summed E-state index contributed by atoms with van der Waals surface area (Å²) in [6.45, 7) is 0. The summed E-state index contributed by atoms with van der Waals surface area (Å²) in [5.74, 6) is 0.608. The SMILES string of the molecule is CS(=O)(=O)Cc1ccc(S(N)(=O)=O)cc1Nc1cc(Nc2ccc3c(c2)CCCC3=O)ncn1. The molecule has 0 unspecified atom stereocenters. The minimum Gasteiger partial charge on any atom is -0.340 e. The summed E-state index contributed by atoms with van der Waals surface area (Å²) in [5, 5.41) is 11.4. The van der Waals surface area contributed by atoms with E-state index in [2.05, 4.69) is 20.6 Å². The van der Waals surface area contributed by atoms with Crippen molar-refractivity contribution in [3.8, 4) is 0 Å². The van der Waals surface area contributed by atoms with Crippen molar-refractivity contribution >= 4 is 48.7 Å². The molecule has 34 heavy (non-hydrogen) atoms. The largest absolute Gasteiger partial charge is 0.340 e. The summed E-state index contributed by atoms with van der Waals surface area (Å²) in [7, 11) is -7.39. The van der Waals surface area contributed by atoms with Gasteiger partial charge in [0.1, 0.15) is 18.0 Å². The quantitative estimate of drug-likeness (QED) is 0.442. The number of aromatic nitrogens is 2. The number of sulfonamides is 1. The highest BCUT2D eigenvalue weighted by Crippen LogP contribution is 2.28. The Labute approximate surface area is 197 Å². The van der Waals surface area contributed by atoms with Crippen molar-refractivity contribution in [1.29, 1.82) is 0 Å². The molecular weight excluding hydrogens is 478 g/mol. The molecule has 1 aromatic heterocycles. The second-order valence-electron chi connectivity index (χ2n) is 8.12. The normalized spacial score (nSPS) is 13.9. The smallest absolute Gasteiger partial charge is 0.238 e. The summed E-state index contributed by atoms with van der Waals surface area (Å²) in [4.78, 5) is 20.2. The molecule has 4 N–H and O–H groups in total. The maximum absolute atomic E-state index is 12.0. The van der Waals surface area contributed by atoms with E-state index in [9.17, 15) is 21.6 Å². The van der Waals surface area contributed by atoms with Crippen molar-refractivity contribution in [2.75, 3.05) is 16.9 Å². The Balaban J connectivity index is 1.62. The van der Waals surface area contributed by atoms with Crippen LogP contribution >= 0.6 is 0 Å². The zero-order chi connectivity index (χ0) is 24.5. The predicted octanol–water partition coefficient (Wildman–Crippen LogP) is 2.67. The fourth-order valence-electron chi connectivity index (χ4n) is 3.76. The van der Waals surface area contributed by atoms with Crippen LogP contribution < -0.4 is 15.8 Å². The van der Waals surface area contributed by atoms with E-state index in [0.717, 1.165) is 35.9 Å². The maximum atomic E-state index is 12.0. The van der Waals surface area contributed by atoms with Crippen molar-refractivity contribution in [1.82, 2.24) is 9.97 Å². The van der Waals surface area contributed by atoms with Gasteiger partial charge in [-0.1, -0.05) is 6.07 Å². The highest BCUT2D eigenvalue weighted by Gasteiger charge is 2.18. The first kappa shape index (κ1) is 23.8. The monoisotopic (exact) mass is 501 g/mol. The van der Waals surface area contributed by atoms with Crippen molar-refractivity contribution in [2.24, 2.45) is 5.14 Å². The first-order valence-corrected chi connectivity index (χ1v) is 13.9. The number of hydrogen-bond donors (Lipinski definition) is 3. The van der Waals surface area contributed by atoms with E-state index in [0.29, 0.717) is 23.6 Å². The lowest BCUT2D eigenvalue weighted by Gasteiger charge is -2.16. The predicted molar refractivity (Wildman–Crippen MR) is 129 cm³/mol. The van der Waals surface area contributed by atoms with Gasteiger partial charge in [-0.05, 0) is 54.3 Å². The molecule has 10 nitrogen and oxygen atoms in total. The van der Waals surface area contributed by atoms with Crippen LogP contribution in [-0.4, -0.2) is 38.8 Å². The molecule has 0 amide bonds. The average molecular weight is 502 g/mol. The Hall–Kier alpha value is -3.35. The van der Waals surface area contributed by atoms with Gasteiger partial charge in [0.2, 0.25) is 10.0 Å². The number of carbonyl (C=O) groups excluding carboxylic acids is 1. The topological polar surface area (TPSA) is 161 Å². The average Bonchev–Trinajstić information content (AvgIpc) is 2.74. The summed E-state index contributed by atoms with van der Waals surface area (Å²) in [6, 6.07) is 11.0. The van der Waals surface area contributed by atoms with Gasteiger partial charge in [0.25, 0.3) is 0 Å². The number of aryl methyl sites for hydroxylation is 1. The van der Waals surface area contributed by atoms with Gasteiger partial charge >= 0.3 is 0 Å². The number of rotatable bonds is 7. The van der Waals surface area contributed by atoms with Crippen LogP contribution in [0.5, 0.6) is 0 Å². The van der Waals surface area contributed by atoms with Gasteiger partial charge in [-0.25, -0.2) is 31.9 Å². The van der Waals surface area contributed by atoms with E-state index >= 15 is 0 Å². The molecular formula is C22H23N5O5S2.